The molecule has 0 saturated carbocycles. The fourth-order valence-corrected chi connectivity index (χ4v) is 3.52. The molecule has 1 aliphatic heterocycles. The van der Waals surface area contributed by atoms with Gasteiger partial charge in [0.1, 0.15) is 0 Å². The van der Waals surface area contributed by atoms with Gasteiger partial charge in [0, 0.05) is 31.4 Å². The predicted molar refractivity (Wildman–Crippen MR) is 109 cm³/mol. The average molecular weight is 369 g/mol. The van der Waals surface area contributed by atoms with Crippen molar-refractivity contribution in [2.24, 2.45) is 4.99 Å². The van der Waals surface area contributed by atoms with Gasteiger partial charge >= 0.3 is 0 Å². The number of fused-ring (bicyclic) bond motifs is 1. The first-order chi connectivity index (χ1) is 13.2. The van der Waals surface area contributed by atoms with Gasteiger partial charge in [0.2, 0.25) is 5.75 Å². The van der Waals surface area contributed by atoms with Gasteiger partial charge < -0.3 is 24.4 Å². The molecule has 0 atom stereocenters. The van der Waals surface area contributed by atoms with Crippen LogP contribution in [-0.4, -0.2) is 47.4 Å². The SMILES string of the molecule is CN=C(NCCc1ccc(OC)c(OC)c1OC)N1CCc2ccccc21. The molecule has 0 amide bonds. The number of hydrogen-bond acceptors (Lipinski definition) is 4. The lowest BCUT2D eigenvalue weighted by Crippen LogP contribution is -2.41. The third kappa shape index (κ3) is 3.79. The first-order valence-corrected chi connectivity index (χ1v) is 9.07. The maximum Gasteiger partial charge on any atom is 0.203 e. The average Bonchev–Trinajstić information content (AvgIpc) is 3.14. The number of aliphatic imine (C=N–C) groups is 1. The van der Waals surface area contributed by atoms with E-state index in [9.17, 15) is 0 Å². The van der Waals surface area contributed by atoms with Crippen LogP contribution in [0.5, 0.6) is 17.2 Å². The second kappa shape index (κ2) is 8.66. The zero-order chi connectivity index (χ0) is 19.2. The minimum Gasteiger partial charge on any atom is -0.493 e. The number of para-hydroxylation sites is 1. The Morgan fingerprint density at radius 3 is 2.52 bits per heavy atom. The highest BCUT2D eigenvalue weighted by Crippen LogP contribution is 2.39. The molecule has 1 heterocycles. The maximum absolute atomic E-state index is 5.57. The lowest BCUT2D eigenvalue weighted by Gasteiger charge is -2.22. The molecule has 1 N–H and O–H groups in total. The van der Waals surface area contributed by atoms with E-state index in [-0.39, 0.29) is 0 Å². The van der Waals surface area contributed by atoms with Crippen LogP contribution >= 0.6 is 0 Å². The van der Waals surface area contributed by atoms with Crippen LogP contribution in [0, 0.1) is 0 Å². The zero-order valence-electron chi connectivity index (χ0n) is 16.4. The van der Waals surface area contributed by atoms with Crippen molar-refractivity contribution < 1.29 is 14.2 Å². The van der Waals surface area contributed by atoms with E-state index in [1.54, 1.807) is 21.3 Å². The number of nitrogens with one attached hydrogen (secondary N) is 1. The maximum atomic E-state index is 5.57. The monoisotopic (exact) mass is 369 g/mol. The fraction of sp³-hybridized carbons (Fsp3) is 0.381. The van der Waals surface area contributed by atoms with Crippen molar-refractivity contribution in [2.45, 2.75) is 12.8 Å². The molecule has 1 aliphatic rings. The Morgan fingerprint density at radius 2 is 1.81 bits per heavy atom. The number of rotatable bonds is 6. The number of guanidine groups is 1. The molecular weight excluding hydrogens is 342 g/mol. The summed E-state index contributed by atoms with van der Waals surface area (Å²) in [5, 5.41) is 3.47. The number of nitrogens with zero attached hydrogens (tertiary/aromatic N) is 2. The molecule has 0 bridgehead atoms. The summed E-state index contributed by atoms with van der Waals surface area (Å²) in [5.41, 5.74) is 3.65. The fourth-order valence-electron chi connectivity index (χ4n) is 3.52. The van der Waals surface area contributed by atoms with Crippen LogP contribution in [0.15, 0.2) is 41.4 Å². The Morgan fingerprint density at radius 1 is 1.04 bits per heavy atom. The van der Waals surface area contributed by atoms with Crippen molar-refractivity contribution in [3.63, 3.8) is 0 Å². The molecule has 27 heavy (non-hydrogen) atoms. The minimum absolute atomic E-state index is 0.621. The topological polar surface area (TPSA) is 55.3 Å². The third-order valence-corrected chi connectivity index (χ3v) is 4.82. The molecule has 144 valence electrons. The van der Waals surface area contributed by atoms with Crippen LogP contribution in [0.1, 0.15) is 11.1 Å². The number of anilines is 1. The first-order valence-electron chi connectivity index (χ1n) is 9.07. The summed E-state index contributed by atoms with van der Waals surface area (Å²) in [6.07, 6.45) is 1.82. The smallest absolute Gasteiger partial charge is 0.203 e. The Bertz CT molecular complexity index is 820. The van der Waals surface area contributed by atoms with Crippen LogP contribution in [0.4, 0.5) is 5.69 Å². The molecule has 0 fully saturated rings. The molecule has 0 unspecified atom stereocenters. The van der Waals surface area contributed by atoms with Gasteiger partial charge in [-0.2, -0.15) is 0 Å². The van der Waals surface area contributed by atoms with Crippen molar-refractivity contribution in [1.29, 1.82) is 0 Å². The lowest BCUT2D eigenvalue weighted by atomic mass is 10.1. The van der Waals surface area contributed by atoms with Crippen molar-refractivity contribution in [1.82, 2.24) is 5.32 Å². The van der Waals surface area contributed by atoms with Gasteiger partial charge in [-0.3, -0.25) is 4.99 Å². The van der Waals surface area contributed by atoms with E-state index >= 15 is 0 Å². The van der Waals surface area contributed by atoms with Gasteiger partial charge in [-0.1, -0.05) is 24.3 Å². The molecule has 2 aromatic rings. The van der Waals surface area contributed by atoms with Crippen molar-refractivity contribution in [3.8, 4) is 17.2 Å². The zero-order valence-corrected chi connectivity index (χ0v) is 16.4. The van der Waals surface area contributed by atoms with Gasteiger partial charge in [0.25, 0.3) is 0 Å². The highest BCUT2D eigenvalue weighted by molar-refractivity contribution is 5.97. The van der Waals surface area contributed by atoms with Crippen LogP contribution in [0.3, 0.4) is 0 Å². The molecule has 0 aromatic heterocycles. The van der Waals surface area contributed by atoms with E-state index in [4.69, 9.17) is 14.2 Å². The van der Waals surface area contributed by atoms with Gasteiger partial charge in [0.15, 0.2) is 17.5 Å². The van der Waals surface area contributed by atoms with E-state index in [1.807, 2.05) is 19.2 Å². The number of hydrogen-bond donors (Lipinski definition) is 1. The summed E-state index contributed by atoms with van der Waals surface area (Å²) in [4.78, 5) is 6.70. The molecule has 0 aliphatic carbocycles. The lowest BCUT2D eigenvalue weighted by molar-refractivity contribution is 0.322. The Labute approximate surface area is 160 Å². The summed E-state index contributed by atoms with van der Waals surface area (Å²) in [6, 6.07) is 12.4. The largest absolute Gasteiger partial charge is 0.493 e. The first kappa shape index (κ1) is 18.9. The van der Waals surface area contributed by atoms with E-state index in [0.29, 0.717) is 17.2 Å². The second-order valence-electron chi connectivity index (χ2n) is 6.25. The van der Waals surface area contributed by atoms with Crippen molar-refractivity contribution in [3.05, 3.63) is 47.5 Å². The number of methoxy groups -OCH3 is 3. The van der Waals surface area contributed by atoms with Crippen molar-refractivity contribution >= 4 is 11.6 Å². The Kier molecular flexibility index (Phi) is 6.06. The van der Waals surface area contributed by atoms with Crippen LogP contribution in [0.2, 0.25) is 0 Å². The normalized spacial score (nSPS) is 13.3. The molecule has 0 saturated heterocycles. The molecular formula is C21H27N3O3. The molecule has 0 spiro atoms. The Balaban J connectivity index is 1.69. The predicted octanol–water partition coefficient (Wildman–Crippen LogP) is 2.89. The van der Waals surface area contributed by atoms with Crippen LogP contribution in [-0.2, 0) is 12.8 Å². The van der Waals surface area contributed by atoms with Gasteiger partial charge in [0.05, 0.1) is 21.3 Å². The number of ether oxygens (including phenoxy) is 3. The molecule has 3 rings (SSSR count). The molecule has 2 aromatic carbocycles. The summed E-state index contributed by atoms with van der Waals surface area (Å²) < 4.78 is 16.4. The summed E-state index contributed by atoms with van der Waals surface area (Å²) in [5.74, 6) is 2.88. The highest BCUT2D eigenvalue weighted by atomic mass is 16.5. The molecule has 6 heteroatoms. The summed E-state index contributed by atoms with van der Waals surface area (Å²) >= 11 is 0. The van der Waals surface area contributed by atoms with Gasteiger partial charge in [-0.05, 0) is 30.5 Å². The van der Waals surface area contributed by atoms with Gasteiger partial charge in [-0.25, -0.2) is 0 Å². The van der Waals surface area contributed by atoms with E-state index < -0.39 is 0 Å². The number of benzene rings is 2. The minimum atomic E-state index is 0.621. The quantitative estimate of drug-likeness (QED) is 0.627. The highest BCUT2D eigenvalue weighted by Gasteiger charge is 2.22. The van der Waals surface area contributed by atoms with Crippen LogP contribution in [0.25, 0.3) is 0 Å². The summed E-state index contributed by atoms with van der Waals surface area (Å²) in [6.45, 7) is 1.68. The van der Waals surface area contributed by atoms with Crippen molar-refractivity contribution in [2.75, 3.05) is 46.4 Å². The summed E-state index contributed by atoms with van der Waals surface area (Å²) in [7, 11) is 6.71. The Hall–Kier alpha value is -2.89. The van der Waals surface area contributed by atoms with E-state index in [2.05, 4.69) is 39.5 Å². The third-order valence-electron chi connectivity index (χ3n) is 4.82. The molecule has 6 nitrogen and oxygen atoms in total. The van der Waals surface area contributed by atoms with Gasteiger partial charge in [-0.15, -0.1) is 0 Å². The second-order valence-corrected chi connectivity index (χ2v) is 6.25. The van der Waals surface area contributed by atoms with E-state index in [1.165, 1.54) is 11.3 Å². The van der Waals surface area contributed by atoms with Crippen LogP contribution < -0.4 is 24.4 Å². The standard InChI is InChI=1S/C21H27N3O3/c1-22-21(24-14-12-15-7-5-6-8-17(15)24)23-13-11-16-9-10-18(25-2)20(27-4)19(16)26-3/h5-10H,11-14H2,1-4H3,(H,22,23). The molecule has 0 radical (unpaired) electrons. The van der Waals surface area contributed by atoms with E-state index in [0.717, 1.165) is 37.5 Å².